The second-order valence-electron chi connectivity index (χ2n) is 4.30. The summed E-state index contributed by atoms with van der Waals surface area (Å²) < 4.78 is 43.9. The molecule has 1 atom stereocenters. The molecule has 0 aromatic rings. The maximum absolute atomic E-state index is 11.1. The van der Waals surface area contributed by atoms with E-state index in [1.165, 1.54) is 0 Å². The first-order chi connectivity index (χ1) is 6.62. The van der Waals surface area contributed by atoms with Crippen LogP contribution in [0.25, 0.3) is 0 Å². The topological polar surface area (TPSA) is 88.5 Å². The Hall–Kier alpha value is -0.140. The summed E-state index contributed by atoms with van der Waals surface area (Å²) in [7, 11) is -6.15. The summed E-state index contributed by atoms with van der Waals surface area (Å²) in [6, 6.07) is 0. The van der Waals surface area contributed by atoms with E-state index >= 15 is 0 Å². The van der Waals surface area contributed by atoms with Crippen molar-refractivity contribution >= 4 is 19.7 Å². The van der Waals surface area contributed by atoms with Gasteiger partial charge in [0.1, 0.15) is 9.84 Å². The highest BCUT2D eigenvalue weighted by molar-refractivity contribution is 7.91. The number of aliphatic hydroxyl groups is 1. The van der Waals surface area contributed by atoms with Crippen LogP contribution in [0.15, 0.2) is 0 Å². The number of rotatable bonds is 4. The van der Waals surface area contributed by atoms with Gasteiger partial charge in [0.25, 0.3) is 0 Å². The van der Waals surface area contributed by atoms with Gasteiger partial charge in [0.05, 0.1) is 17.1 Å². The Bertz CT molecular complexity index is 422. The first-order valence-corrected chi connectivity index (χ1v) is 8.61. The number of hydrogen-bond donors (Lipinski definition) is 1. The highest BCUT2D eigenvalue weighted by Gasteiger charge is 2.39. The van der Waals surface area contributed by atoms with Gasteiger partial charge in [0, 0.05) is 12.0 Å². The molecule has 1 N–H and O–H groups in total. The third-order valence-electron chi connectivity index (χ3n) is 2.52. The Morgan fingerprint density at radius 3 is 2.40 bits per heavy atom. The highest BCUT2D eigenvalue weighted by Crippen LogP contribution is 2.27. The predicted molar refractivity (Wildman–Crippen MR) is 57.2 cm³/mol. The van der Waals surface area contributed by atoms with Crippen molar-refractivity contribution in [1.29, 1.82) is 0 Å². The Labute approximate surface area is 90.3 Å². The maximum atomic E-state index is 11.1. The van der Waals surface area contributed by atoms with Crippen molar-refractivity contribution in [2.75, 3.05) is 23.5 Å². The van der Waals surface area contributed by atoms with E-state index in [0.717, 1.165) is 6.26 Å². The van der Waals surface area contributed by atoms with Crippen LogP contribution in [-0.4, -0.2) is 51.1 Å². The van der Waals surface area contributed by atoms with Crippen molar-refractivity contribution in [3.05, 3.63) is 0 Å². The summed E-state index contributed by atoms with van der Waals surface area (Å²) in [5, 5.41) is 9.85. The fourth-order valence-corrected chi connectivity index (χ4v) is 4.37. The van der Waals surface area contributed by atoms with Gasteiger partial charge in [-0.2, -0.15) is 0 Å². The fraction of sp³-hybridized carbons (Fsp3) is 1.00. The molecule has 0 aromatic carbocycles. The minimum Gasteiger partial charge on any atom is -0.389 e. The van der Waals surface area contributed by atoms with E-state index in [9.17, 15) is 21.9 Å². The molecule has 0 aromatic heterocycles. The van der Waals surface area contributed by atoms with Gasteiger partial charge >= 0.3 is 0 Å². The largest absolute Gasteiger partial charge is 0.389 e. The molecule has 5 nitrogen and oxygen atoms in total. The van der Waals surface area contributed by atoms with Crippen LogP contribution >= 0.6 is 0 Å². The third-order valence-corrected chi connectivity index (χ3v) is 5.36. The molecule has 7 heteroatoms. The van der Waals surface area contributed by atoms with Gasteiger partial charge in [-0.3, -0.25) is 0 Å². The summed E-state index contributed by atoms with van der Waals surface area (Å²) in [6.45, 7) is 0. The molecule has 0 amide bonds. The van der Waals surface area contributed by atoms with E-state index in [2.05, 4.69) is 0 Å². The quantitative estimate of drug-likeness (QED) is 0.723. The molecule has 0 aliphatic carbocycles. The SMILES string of the molecule is CS(=O)(=O)CCCC1(O)CCS(=O)(=O)C1. The molecule has 1 aliphatic rings. The van der Waals surface area contributed by atoms with Gasteiger partial charge < -0.3 is 5.11 Å². The van der Waals surface area contributed by atoms with E-state index in [0.29, 0.717) is 6.42 Å². The zero-order chi connectivity index (χ0) is 11.7. The highest BCUT2D eigenvalue weighted by atomic mass is 32.2. The summed E-state index contributed by atoms with van der Waals surface area (Å²) in [5.41, 5.74) is -1.20. The van der Waals surface area contributed by atoms with Crippen LogP contribution in [0.4, 0.5) is 0 Å². The maximum Gasteiger partial charge on any atom is 0.153 e. The molecular weight excluding hydrogens is 240 g/mol. The van der Waals surface area contributed by atoms with Crippen LogP contribution < -0.4 is 0 Å². The Balaban J connectivity index is 2.47. The average Bonchev–Trinajstić information content (AvgIpc) is 2.23. The lowest BCUT2D eigenvalue weighted by Gasteiger charge is -2.19. The molecular formula is C8H16O5S2. The normalized spacial score (nSPS) is 30.5. The first-order valence-electron chi connectivity index (χ1n) is 4.73. The third kappa shape index (κ3) is 4.48. The molecule has 1 unspecified atom stereocenters. The van der Waals surface area contributed by atoms with Crippen LogP contribution in [0, 0.1) is 0 Å². The molecule has 0 radical (unpaired) electrons. The van der Waals surface area contributed by atoms with E-state index < -0.39 is 25.3 Å². The fourth-order valence-electron chi connectivity index (χ4n) is 1.76. The summed E-state index contributed by atoms with van der Waals surface area (Å²) in [5.74, 6) is -0.235. The van der Waals surface area contributed by atoms with Crippen molar-refractivity contribution in [3.8, 4) is 0 Å². The van der Waals surface area contributed by atoms with Crippen molar-refractivity contribution in [2.45, 2.75) is 24.9 Å². The van der Waals surface area contributed by atoms with Crippen LogP contribution in [0.3, 0.4) is 0 Å². The lowest BCUT2D eigenvalue weighted by atomic mass is 9.98. The molecule has 15 heavy (non-hydrogen) atoms. The molecule has 1 aliphatic heterocycles. The smallest absolute Gasteiger partial charge is 0.153 e. The molecule has 1 rings (SSSR count). The van der Waals surface area contributed by atoms with E-state index in [1.54, 1.807) is 0 Å². The zero-order valence-electron chi connectivity index (χ0n) is 8.64. The Morgan fingerprint density at radius 2 is 2.00 bits per heavy atom. The van der Waals surface area contributed by atoms with Gasteiger partial charge in [-0.15, -0.1) is 0 Å². The number of hydrogen-bond acceptors (Lipinski definition) is 5. The van der Waals surface area contributed by atoms with Crippen molar-refractivity contribution in [1.82, 2.24) is 0 Å². The minimum atomic E-state index is -3.12. The van der Waals surface area contributed by atoms with Crippen molar-refractivity contribution in [3.63, 3.8) is 0 Å². The molecule has 1 heterocycles. The van der Waals surface area contributed by atoms with Gasteiger partial charge in [0.2, 0.25) is 0 Å². The molecule has 1 fully saturated rings. The van der Waals surface area contributed by atoms with Gasteiger partial charge in [-0.05, 0) is 19.3 Å². The van der Waals surface area contributed by atoms with E-state index in [1.807, 2.05) is 0 Å². The van der Waals surface area contributed by atoms with Crippen LogP contribution in [0.1, 0.15) is 19.3 Å². The number of sulfone groups is 2. The van der Waals surface area contributed by atoms with Crippen LogP contribution in [0.5, 0.6) is 0 Å². The summed E-state index contributed by atoms with van der Waals surface area (Å²) in [6.07, 6.45) is 1.89. The standard InChI is InChI=1S/C8H16O5S2/c1-14(10,11)5-2-3-8(9)4-6-15(12,13)7-8/h9H,2-7H2,1H3. The van der Waals surface area contributed by atoms with Crippen molar-refractivity contribution in [2.24, 2.45) is 0 Å². The Morgan fingerprint density at radius 1 is 1.40 bits per heavy atom. The molecule has 0 spiro atoms. The molecule has 1 saturated heterocycles. The van der Waals surface area contributed by atoms with Gasteiger partial charge in [0.15, 0.2) is 9.84 Å². The van der Waals surface area contributed by atoms with Gasteiger partial charge in [-0.1, -0.05) is 0 Å². The summed E-state index contributed by atoms with van der Waals surface area (Å²) in [4.78, 5) is 0. The second kappa shape index (κ2) is 4.03. The summed E-state index contributed by atoms with van der Waals surface area (Å²) >= 11 is 0. The minimum absolute atomic E-state index is 0.00236. The monoisotopic (exact) mass is 256 g/mol. The average molecular weight is 256 g/mol. The molecule has 0 bridgehead atoms. The van der Waals surface area contributed by atoms with E-state index in [4.69, 9.17) is 0 Å². The lowest BCUT2D eigenvalue weighted by molar-refractivity contribution is 0.0580. The van der Waals surface area contributed by atoms with Gasteiger partial charge in [-0.25, -0.2) is 16.8 Å². The van der Waals surface area contributed by atoms with E-state index in [-0.39, 0.29) is 30.1 Å². The molecule has 90 valence electrons. The second-order valence-corrected chi connectivity index (χ2v) is 8.74. The van der Waals surface area contributed by atoms with Crippen LogP contribution in [-0.2, 0) is 19.7 Å². The predicted octanol–water partition coefficient (Wildman–Crippen LogP) is -0.639. The van der Waals surface area contributed by atoms with Crippen molar-refractivity contribution < 1.29 is 21.9 Å². The zero-order valence-corrected chi connectivity index (χ0v) is 10.3. The lowest BCUT2D eigenvalue weighted by Crippen LogP contribution is -2.30. The van der Waals surface area contributed by atoms with Crippen LogP contribution in [0.2, 0.25) is 0 Å². The Kier molecular flexibility index (Phi) is 3.47. The molecule has 0 saturated carbocycles. The first kappa shape index (κ1) is 12.9.